The highest BCUT2D eigenvalue weighted by Crippen LogP contribution is 2.25. The Morgan fingerprint density at radius 2 is 0.980 bits per heavy atom. The van der Waals surface area contributed by atoms with E-state index in [4.69, 9.17) is 5.11 Å². The molecule has 4 rings (SSSR count). The number of halogens is 2. The quantitative estimate of drug-likeness (QED) is 0.189. The molecular formula is C34H38F2N4O7S2. The summed E-state index contributed by atoms with van der Waals surface area (Å²) < 4.78 is 82.4. The monoisotopic (exact) mass is 716 g/mol. The minimum absolute atomic E-state index is 0.0665. The Morgan fingerprint density at radius 1 is 0.633 bits per heavy atom. The van der Waals surface area contributed by atoms with Crippen LogP contribution in [0.4, 0.5) is 20.2 Å². The van der Waals surface area contributed by atoms with Gasteiger partial charge in [0.2, 0.25) is 11.8 Å². The van der Waals surface area contributed by atoms with Crippen LogP contribution in [0.5, 0.6) is 0 Å². The number of amides is 2. The standard InChI is InChI=1S/C31H30F2N4O6S2.C3H8O/c1-23(35-31(39)22-37(27-18-14-25(33)15-19-27)45(42,43)29-10-6-3-7-11-29)20-34-30(38)21-36(26-16-12-24(32)13-17-26)44(40,41)28-8-4-2-5-9-28;1-3(2)4/h2-19,23H,20-22H2,1H3,(H,34,38)(H,35,39);3-4H,1-2H3. The molecule has 11 nitrogen and oxygen atoms in total. The normalized spacial score (nSPS) is 11.9. The summed E-state index contributed by atoms with van der Waals surface area (Å²) in [5.41, 5.74) is 0.133. The lowest BCUT2D eigenvalue weighted by Crippen LogP contribution is -2.48. The van der Waals surface area contributed by atoms with Crippen LogP contribution in [-0.4, -0.2) is 65.5 Å². The topological polar surface area (TPSA) is 153 Å². The van der Waals surface area contributed by atoms with Crippen LogP contribution in [0.25, 0.3) is 0 Å². The lowest BCUT2D eigenvalue weighted by atomic mass is 10.3. The zero-order valence-electron chi connectivity index (χ0n) is 27.0. The molecule has 1 unspecified atom stereocenters. The van der Waals surface area contributed by atoms with E-state index in [2.05, 4.69) is 10.6 Å². The van der Waals surface area contributed by atoms with Crippen LogP contribution in [0.3, 0.4) is 0 Å². The van der Waals surface area contributed by atoms with Crippen molar-refractivity contribution in [2.75, 3.05) is 28.2 Å². The van der Waals surface area contributed by atoms with Crippen LogP contribution in [0, 0.1) is 11.6 Å². The van der Waals surface area contributed by atoms with E-state index in [0.717, 1.165) is 32.9 Å². The summed E-state index contributed by atoms with van der Waals surface area (Å²) in [5, 5.41) is 13.2. The Kier molecular flexibility index (Phi) is 13.8. The highest BCUT2D eigenvalue weighted by atomic mass is 32.2. The highest BCUT2D eigenvalue weighted by Gasteiger charge is 2.29. The van der Waals surface area contributed by atoms with E-state index < -0.39 is 62.6 Å². The second-order valence-corrected chi connectivity index (χ2v) is 14.7. The predicted molar refractivity (Wildman–Crippen MR) is 183 cm³/mol. The number of sulfonamides is 2. The molecule has 0 aliphatic heterocycles. The Labute approximate surface area is 285 Å². The predicted octanol–water partition coefficient (Wildman–Crippen LogP) is 4.06. The number of nitrogens with one attached hydrogen (secondary N) is 2. The van der Waals surface area contributed by atoms with Crippen LogP contribution >= 0.6 is 0 Å². The summed E-state index contributed by atoms with van der Waals surface area (Å²) in [6.07, 6.45) is -0.167. The molecule has 4 aromatic carbocycles. The molecule has 0 aliphatic carbocycles. The summed E-state index contributed by atoms with van der Waals surface area (Å²) in [6.45, 7) is 3.59. The maximum Gasteiger partial charge on any atom is 0.264 e. The molecule has 4 aromatic rings. The van der Waals surface area contributed by atoms with Gasteiger partial charge in [0.15, 0.2) is 0 Å². The van der Waals surface area contributed by atoms with Gasteiger partial charge in [0, 0.05) is 18.7 Å². The first-order valence-electron chi connectivity index (χ1n) is 15.0. The molecule has 3 N–H and O–H groups in total. The number of aliphatic hydroxyl groups excluding tert-OH is 1. The van der Waals surface area contributed by atoms with Gasteiger partial charge in [-0.05, 0) is 93.6 Å². The Hall–Kier alpha value is -4.86. The summed E-state index contributed by atoms with van der Waals surface area (Å²) in [6, 6.07) is 23.4. The summed E-state index contributed by atoms with van der Waals surface area (Å²) >= 11 is 0. The van der Waals surface area contributed by atoms with Crippen molar-refractivity contribution < 1.29 is 40.3 Å². The smallest absolute Gasteiger partial charge is 0.264 e. The van der Waals surface area contributed by atoms with Crippen LogP contribution < -0.4 is 19.2 Å². The van der Waals surface area contributed by atoms with E-state index >= 15 is 0 Å². The van der Waals surface area contributed by atoms with Crippen LogP contribution in [0.1, 0.15) is 20.8 Å². The molecule has 49 heavy (non-hydrogen) atoms. The molecule has 2 amide bonds. The number of rotatable bonds is 13. The molecule has 0 aliphatic rings. The first kappa shape index (κ1) is 38.6. The van der Waals surface area contributed by atoms with E-state index in [1.165, 1.54) is 72.8 Å². The molecule has 0 spiro atoms. The van der Waals surface area contributed by atoms with E-state index in [-0.39, 0.29) is 33.8 Å². The number of nitrogens with zero attached hydrogens (tertiary/aromatic N) is 2. The van der Waals surface area contributed by atoms with Gasteiger partial charge in [-0.1, -0.05) is 36.4 Å². The lowest BCUT2D eigenvalue weighted by Gasteiger charge is -2.26. The Bertz CT molecular complexity index is 1880. The summed E-state index contributed by atoms with van der Waals surface area (Å²) in [5.74, 6) is -2.58. The number of aliphatic hydroxyl groups is 1. The van der Waals surface area contributed by atoms with Gasteiger partial charge in [-0.15, -0.1) is 0 Å². The molecule has 0 radical (unpaired) electrons. The van der Waals surface area contributed by atoms with E-state index in [1.807, 2.05) is 0 Å². The molecular weight excluding hydrogens is 679 g/mol. The maximum atomic E-state index is 13.6. The zero-order chi connectivity index (χ0) is 36.2. The van der Waals surface area contributed by atoms with Gasteiger partial charge < -0.3 is 15.7 Å². The van der Waals surface area contributed by atoms with E-state index in [0.29, 0.717) is 0 Å². The van der Waals surface area contributed by atoms with Crippen molar-refractivity contribution in [3.63, 3.8) is 0 Å². The second-order valence-electron chi connectivity index (χ2n) is 11.0. The van der Waals surface area contributed by atoms with Crippen molar-refractivity contribution >= 4 is 43.2 Å². The van der Waals surface area contributed by atoms with Crippen molar-refractivity contribution in [3.8, 4) is 0 Å². The van der Waals surface area contributed by atoms with Gasteiger partial charge in [-0.3, -0.25) is 18.2 Å². The van der Waals surface area contributed by atoms with Gasteiger partial charge >= 0.3 is 0 Å². The third-order valence-electron chi connectivity index (χ3n) is 6.48. The van der Waals surface area contributed by atoms with Crippen molar-refractivity contribution in [1.82, 2.24) is 10.6 Å². The number of hydrogen-bond acceptors (Lipinski definition) is 7. The summed E-state index contributed by atoms with van der Waals surface area (Å²) in [4.78, 5) is 25.8. The van der Waals surface area contributed by atoms with Gasteiger partial charge in [-0.25, -0.2) is 25.6 Å². The number of carbonyl (C=O) groups is 2. The zero-order valence-corrected chi connectivity index (χ0v) is 28.7. The number of carbonyl (C=O) groups excluding carboxylic acids is 2. The molecule has 0 bridgehead atoms. The highest BCUT2D eigenvalue weighted by molar-refractivity contribution is 7.93. The molecule has 1 atom stereocenters. The lowest BCUT2D eigenvalue weighted by molar-refractivity contribution is -0.122. The molecule has 0 aromatic heterocycles. The number of anilines is 2. The van der Waals surface area contributed by atoms with E-state index in [9.17, 15) is 35.2 Å². The summed E-state index contributed by atoms with van der Waals surface area (Å²) in [7, 11) is -8.41. The minimum Gasteiger partial charge on any atom is -0.394 e. The Morgan fingerprint density at radius 3 is 1.35 bits per heavy atom. The molecule has 0 heterocycles. The fourth-order valence-corrected chi connectivity index (χ4v) is 7.12. The van der Waals surface area contributed by atoms with Gasteiger partial charge in [0.1, 0.15) is 24.7 Å². The van der Waals surface area contributed by atoms with E-state index in [1.54, 1.807) is 32.9 Å². The average Bonchev–Trinajstić information content (AvgIpc) is 3.06. The third kappa shape index (κ3) is 11.4. The molecule has 15 heteroatoms. The van der Waals surface area contributed by atoms with Gasteiger partial charge in [0.25, 0.3) is 20.0 Å². The molecule has 0 fully saturated rings. The average molecular weight is 717 g/mol. The van der Waals surface area contributed by atoms with Gasteiger partial charge in [0.05, 0.1) is 21.2 Å². The number of benzene rings is 4. The Balaban J connectivity index is 0.00000154. The van der Waals surface area contributed by atoms with Crippen LogP contribution in [0.2, 0.25) is 0 Å². The molecule has 0 saturated heterocycles. The maximum absolute atomic E-state index is 13.6. The third-order valence-corrected chi connectivity index (χ3v) is 10.1. The second kappa shape index (κ2) is 17.5. The largest absolute Gasteiger partial charge is 0.394 e. The van der Waals surface area contributed by atoms with Crippen LogP contribution in [0.15, 0.2) is 119 Å². The molecule has 262 valence electrons. The first-order valence-corrected chi connectivity index (χ1v) is 17.9. The molecule has 0 saturated carbocycles. The van der Waals surface area contributed by atoms with Crippen molar-refractivity contribution in [1.29, 1.82) is 0 Å². The van der Waals surface area contributed by atoms with Crippen molar-refractivity contribution in [2.45, 2.75) is 42.7 Å². The SMILES string of the molecule is CC(C)O.CC(CNC(=O)CN(c1ccc(F)cc1)S(=O)(=O)c1ccccc1)NC(=O)CN(c1ccc(F)cc1)S(=O)(=O)c1ccccc1. The van der Waals surface area contributed by atoms with Crippen LogP contribution in [-0.2, 0) is 29.6 Å². The van der Waals surface area contributed by atoms with Crippen molar-refractivity contribution in [3.05, 3.63) is 121 Å². The first-order chi connectivity index (χ1) is 23.1. The minimum atomic E-state index is -4.21. The fraction of sp³-hybridized carbons (Fsp3) is 0.235. The fourth-order valence-electron chi connectivity index (χ4n) is 4.24. The number of hydrogen-bond donors (Lipinski definition) is 3. The van der Waals surface area contributed by atoms with Crippen molar-refractivity contribution in [2.24, 2.45) is 0 Å². The van der Waals surface area contributed by atoms with Gasteiger partial charge in [-0.2, -0.15) is 0 Å².